The van der Waals surface area contributed by atoms with Gasteiger partial charge in [0.05, 0.1) is 34.9 Å². The number of hydrogen-bond donors (Lipinski definition) is 1. The number of aromatic nitrogens is 1. The van der Waals surface area contributed by atoms with Gasteiger partial charge in [0, 0.05) is 17.1 Å². The average molecular weight is 409 g/mol. The predicted octanol–water partition coefficient (Wildman–Crippen LogP) is 3.64. The van der Waals surface area contributed by atoms with E-state index in [-0.39, 0.29) is 17.1 Å². The first-order chi connectivity index (χ1) is 14.3. The Hall–Kier alpha value is -4.01. The van der Waals surface area contributed by atoms with Crippen molar-refractivity contribution in [2.75, 3.05) is 12.4 Å². The van der Waals surface area contributed by atoms with Crippen molar-refractivity contribution in [3.63, 3.8) is 0 Å². The Kier molecular flexibility index (Phi) is 5.91. The molecule has 0 unspecified atom stereocenters. The molecule has 0 saturated carbocycles. The lowest BCUT2D eigenvalue weighted by Crippen LogP contribution is -2.30. The third kappa shape index (κ3) is 4.35. The number of para-hydroxylation sites is 1. The second-order valence-electron chi connectivity index (χ2n) is 6.51. The highest BCUT2D eigenvalue weighted by Gasteiger charge is 2.22. The molecule has 154 valence electrons. The molecule has 1 atom stereocenters. The van der Waals surface area contributed by atoms with Gasteiger partial charge in [-0.05, 0) is 32.0 Å². The zero-order valence-corrected chi connectivity index (χ0v) is 16.5. The van der Waals surface area contributed by atoms with Crippen molar-refractivity contribution in [1.29, 1.82) is 0 Å². The highest BCUT2D eigenvalue weighted by Crippen LogP contribution is 2.29. The number of aryl methyl sites for hydroxylation is 1. The SMILES string of the molecule is COc1cc([N+](=O)[O-])ccc1NC(=O)[C@@H](C)OC(=O)c1cc(C)nc2ccccc12. The molecule has 1 aromatic heterocycles. The molecule has 0 aliphatic heterocycles. The van der Waals surface area contributed by atoms with E-state index in [1.807, 2.05) is 6.07 Å². The van der Waals surface area contributed by atoms with Crippen LogP contribution in [-0.4, -0.2) is 35.0 Å². The summed E-state index contributed by atoms with van der Waals surface area (Å²) in [5, 5.41) is 14.1. The number of amides is 1. The lowest BCUT2D eigenvalue weighted by molar-refractivity contribution is -0.384. The number of esters is 1. The molecule has 0 aliphatic carbocycles. The lowest BCUT2D eigenvalue weighted by atomic mass is 10.1. The van der Waals surface area contributed by atoms with Crippen molar-refractivity contribution < 1.29 is 24.0 Å². The zero-order chi connectivity index (χ0) is 21.8. The number of benzene rings is 2. The van der Waals surface area contributed by atoms with Gasteiger partial charge < -0.3 is 14.8 Å². The van der Waals surface area contributed by atoms with Crippen LogP contribution in [-0.2, 0) is 9.53 Å². The Balaban J connectivity index is 1.77. The molecule has 0 bridgehead atoms. The van der Waals surface area contributed by atoms with Crippen molar-refractivity contribution in [2.24, 2.45) is 0 Å². The van der Waals surface area contributed by atoms with Gasteiger partial charge in [-0.15, -0.1) is 0 Å². The fourth-order valence-electron chi connectivity index (χ4n) is 2.89. The van der Waals surface area contributed by atoms with Gasteiger partial charge in [0.15, 0.2) is 6.10 Å². The quantitative estimate of drug-likeness (QED) is 0.375. The third-order valence-electron chi connectivity index (χ3n) is 4.37. The number of carbonyl (C=O) groups excluding carboxylic acids is 2. The highest BCUT2D eigenvalue weighted by molar-refractivity contribution is 6.05. The van der Waals surface area contributed by atoms with Crippen molar-refractivity contribution in [3.8, 4) is 5.75 Å². The second kappa shape index (κ2) is 8.56. The Bertz CT molecular complexity index is 1140. The van der Waals surface area contributed by atoms with Gasteiger partial charge in [-0.25, -0.2) is 4.79 Å². The van der Waals surface area contributed by atoms with Gasteiger partial charge in [0.2, 0.25) is 0 Å². The van der Waals surface area contributed by atoms with E-state index in [9.17, 15) is 19.7 Å². The fraction of sp³-hybridized carbons (Fsp3) is 0.190. The summed E-state index contributed by atoms with van der Waals surface area (Å²) in [6.07, 6.45) is -1.12. The zero-order valence-electron chi connectivity index (χ0n) is 16.5. The normalized spacial score (nSPS) is 11.6. The number of nitrogens with one attached hydrogen (secondary N) is 1. The monoisotopic (exact) mass is 409 g/mol. The first kappa shape index (κ1) is 20.7. The number of hydrogen-bond acceptors (Lipinski definition) is 7. The smallest absolute Gasteiger partial charge is 0.339 e. The fourth-order valence-corrected chi connectivity index (χ4v) is 2.89. The largest absolute Gasteiger partial charge is 0.494 e. The number of nitro groups is 1. The standard InChI is InChI=1S/C21H19N3O6/c1-12-10-16(15-6-4-5-7-17(15)22-12)21(26)30-13(2)20(25)23-18-9-8-14(24(27)28)11-19(18)29-3/h4-11,13H,1-3H3,(H,23,25)/t13-/m1/s1. The van der Waals surface area contributed by atoms with Crippen molar-refractivity contribution in [1.82, 2.24) is 4.98 Å². The van der Waals surface area contributed by atoms with Crippen molar-refractivity contribution >= 4 is 34.2 Å². The van der Waals surface area contributed by atoms with Crippen LogP contribution in [0.3, 0.4) is 0 Å². The Morgan fingerprint density at radius 1 is 1.17 bits per heavy atom. The number of methoxy groups -OCH3 is 1. The highest BCUT2D eigenvalue weighted by atomic mass is 16.6. The summed E-state index contributed by atoms with van der Waals surface area (Å²) in [5.74, 6) is -1.15. The molecule has 0 aliphatic rings. The van der Waals surface area contributed by atoms with E-state index in [2.05, 4.69) is 10.3 Å². The molecular formula is C21H19N3O6. The van der Waals surface area contributed by atoms with Crippen molar-refractivity contribution in [3.05, 3.63) is 69.9 Å². The van der Waals surface area contributed by atoms with Gasteiger partial charge in [0.1, 0.15) is 5.75 Å². The molecule has 9 heteroatoms. The van der Waals surface area contributed by atoms with E-state index in [1.54, 1.807) is 31.2 Å². The lowest BCUT2D eigenvalue weighted by Gasteiger charge is -2.16. The van der Waals surface area contributed by atoms with Crippen LogP contribution in [0.5, 0.6) is 5.75 Å². The summed E-state index contributed by atoms with van der Waals surface area (Å²) >= 11 is 0. The maximum atomic E-state index is 12.7. The molecule has 0 saturated heterocycles. The van der Waals surface area contributed by atoms with E-state index in [1.165, 1.54) is 32.2 Å². The molecule has 1 heterocycles. The molecule has 0 radical (unpaired) electrons. The molecule has 0 fully saturated rings. The summed E-state index contributed by atoms with van der Waals surface area (Å²) in [6, 6.07) is 12.5. The minimum atomic E-state index is -1.12. The van der Waals surface area contributed by atoms with Crippen LogP contribution in [0.4, 0.5) is 11.4 Å². The molecule has 1 amide bonds. The van der Waals surface area contributed by atoms with Gasteiger partial charge in [-0.2, -0.15) is 0 Å². The van der Waals surface area contributed by atoms with E-state index in [0.29, 0.717) is 22.2 Å². The predicted molar refractivity (Wildman–Crippen MR) is 110 cm³/mol. The summed E-state index contributed by atoms with van der Waals surface area (Å²) < 4.78 is 10.4. The van der Waals surface area contributed by atoms with Crippen LogP contribution in [0, 0.1) is 17.0 Å². The van der Waals surface area contributed by atoms with Crippen LogP contribution in [0.1, 0.15) is 23.0 Å². The average Bonchev–Trinajstić information content (AvgIpc) is 2.72. The van der Waals surface area contributed by atoms with E-state index >= 15 is 0 Å². The summed E-state index contributed by atoms with van der Waals surface area (Å²) in [7, 11) is 1.33. The van der Waals surface area contributed by atoms with E-state index in [0.717, 1.165) is 0 Å². The van der Waals surface area contributed by atoms with Crippen molar-refractivity contribution in [2.45, 2.75) is 20.0 Å². The second-order valence-corrected chi connectivity index (χ2v) is 6.51. The van der Waals surface area contributed by atoms with Crippen LogP contribution in [0.2, 0.25) is 0 Å². The number of non-ortho nitro benzene ring substituents is 1. The van der Waals surface area contributed by atoms with Gasteiger partial charge >= 0.3 is 5.97 Å². The van der Waals surface area contributed by atoms with Crippen LogP contribution < -0.4 is 10.1 Å². The Morgan fingerprint density at radius 2 is 1.90 bits per heavy atom. The molecule has 3 aromatic rings. The molecule has 1 N–H and O–H groups in total. The van der Waals surface area contributed by atoms with Gasteiger partial charge in [-0.3, -0.25) is 19.9 Å². The number of fused-ring (bicyclic) bond motifs is 1. The number of anilines is 1. The molecule has 0 spiro atoms. The molecule has 9 nitrogen and oxygen atoms in total. The number of pyridine rings is 1. The van der Waals surface area contributed by atoms with Gasteiger partial charge in [0.25, 0.3) is 11.6 Å². The maximum Gasteiger partial charge on any atom is 0.339 e. The topological polar surface area (TPSA) is 121 Å². The Labute approximate surface area is 171 Å². The van der Waals surface area contributed by atoms with E-state index in [4.69, 9.17) is 9.47 Å². The molecule has 2 aromatic carbocycles. The number of nitrogens with zero attached hydrogens (tertiary/aromatic N) is 2. The minimum absolute atomic E-state index is 0.117. The third-order valence-corrected chi connectivity index (χ3v) is 4.37. The summed E-state index contributed by atoms with van der Waals surface area (Å²) in [5.41, 5.74) is 1.65. The molecular weight excluding hydrogens is 390 g/mol. The molecule has 30 heavy (non-hydrogen) atoms. The van der Waals surface area contributed by atoms with Crippen LogP contribution >= 0.6 is 0 Å². The number of carbonyl (C=O) groups is 2. The minimum Gasteiger partial charge on any atom is -0.494 e. The molecule has 3 rings (SSSR count). The summed E-state index contributed by atoms with van der Waals surface area (Å²) in [4.78, 5) is 39.9. The van der Waals surface area contributed by atoms with Gasteiger partial charge in [-0.1, -0.05) is 18.2 Å². The first-order valence-electron chi connectivity index (χ1n) is 9.01. The number of ether oxygens (including phenoxy) is 2. The maximum absolute atomic E-state index is 12.7. The first-order valence-corrected chi connectivity index (χ1v) is 9.01. The van der Waals surface area contributed by atoms with Crippen LogP contribution in [0.15, 0.2) is 48.5 Å². The van der Waals surface area contributed by atoms with Crippen LogP contribution in [0.25, 0.3) is 10.9 Å². The Morgan fingerprint density at radius 3 is 2.60 bits per heavy atom. The van der Waals surface area contributed by atoms with E-state index < -0.39 is 22.9 Å². The summed E-state index contributed by atoms with van der Waals surface area (Å²) in [6.45, 7) is 3.20. The number of rotatable bonds is 6. The number of nitro benzene ring substituents is 1.